The maximum Gasteiger partial charge on any atom is 0.339 e. The molecule has 2 rings (SSSR count). The molecule has 21 heavy (non-hydrogen) atoms. The lowest BCUT2D eigenvalue weighted by molar-refractivity contribution is 0.486. The zero-order valence-corrected chi connectivity index (χ0v) is 14.2. The summed E-state index contributed by atoms with van der Waals surface area (Å²) in [4.78, 5) is -0.581. The van der Waals surface area contributed by atoms with Crippen molar-refractivity contribution in [1.82, 2.24) is 0 Å². The van der Waals surface area contributed by atoms with Crippen LogP contribution >= 0.6 is 22.6 Å². The van der Waals surface area contributed by atoms with Crippen LogP contribution in [-0.4, -0.2) is 16.8 Å². The third kappa shape index (κ3) is 4.15. The van der Waals surface area contributed by atoms with E-state index in [1.807, 2.05) is 0 Å². The van der Waals surface area contributed by atoms with Crippen molar-refractivity contribution in [3.63, 3.8) is 0 Å². The number of primary sulfonamides is 1. The predicted octanol–water partition coefficient (Wildman–Crippen LogP) is 1.71. The smallest absolute Gasteiger partial charge is 0.339 e. The van der Waals surface area contributed by atoms with Gasteiger partial charge in [-0.3, -0.25) is 0 Å². The third-order valence-corrected chi connectivity index (χ3v) is 5.32. The maximum atomic E-state index is 12.1. The third-order valence-electron chi connectivity index (χ3n) is 2.44. The largest absolute Gasteiger partial charge is 0.379 e. The van der Waals surface area contributed by atoms with Gasteiger partial charge in [0, 0.05) is 3.57 Å². The highest BCUT2D eigenvalue weighted by molar-refractivity contribution is 14.1. The molecule has 0 aliphatic carbocycles. The number of benzene rings is 2. The Balaban J connectivity index is 2.38. The number of nitrogens with two attached hydrogens (primary N) is 1. The van der Waals surface area contributed by atoms with Crippen LogP contribution < -0.4 is 9.32 Å². The average Bonchev–Trinajstić information content (AvgIpc) is 2.40. The van der Waals surface area contributed by atoms with Crippen LogP contribution in [0.15, 0.2) is 58.3 Å². The fraction of sp³-hybridized carbons (Fsp3) is 0. The Morgan fingerprint density at radius 1 is 0.905 bits per heavy atom. The Morgan fingerprint density at radius 3 is 2.05 bits per heavy atom. The van der Waals surface area contributed by atoms with Gasteiger partial charge >= 0.3 is 10.1 Å². The van der Waals surface area contributed by atoms with Gasteiger partial charge in [0.1, 0.15) is 10.6 Å². The van der Waals surface area contributed by atoms with E-state index in [-0.39, 0.29) is 15.5 Å². The highest BCUT2D eigenvalue weighted by atomic mass is 127. The summed E-state index contributed by atoms with van der Waals surface area (Å²) in [6.45, 7) is 0. The standard InChI is InChI=1S/C12H10INO5S2/c13-9-4-6-10(7-5-9)19-21(17,18)12-3-1-2-11(8-12)20(14,15)16/h1-8H,(H2,14,15,16). The van der Waals surface area contributed by atoms with E-state index in [2.05, 4.69) is 22.6 Å². The normalized spacial score (nSPS) is 12.1. The number of sulfonamides is 1. The van der Waals surface area contributed by atoms with Gasteiger partial charge in [0.25, 0.3) is 0 Å². The second kappa shape index (κ2) is 5.91. The molecule has 112 valence electrons. The molecule has 2 aromatic rings. The van der Waals surface area contributed by atoms with E-state index in [4.69, 9.17) is 9.32 Å². The minimum absolute atomic E-state index is 0.136. The van der Waals surface area contributed by atoms with Crippen molar-refractivity contribution >= 4 is 42.7 Å². The number of rotatable bonds is 4. The molecule has 2 aromatic carbocycles. The Bertz CT molecular complexity index is 861. The van der Waals surface area contributed by atoms with Crippen LogP contribution in [0.3, 0.4) is 0 Å². The first kappa shape index (κ1) is 16.2. The minimum atomic E-state index is -4.13. The summed E-state index contributed by atoms with van der Waals surface area (Å²) in [5.41, 5.74) is 0. The van der Waals surface area contributed by atoms with E-state index in [1.54, 1.807) is 12.1 Å². The Kier molecular flexibility index (Phi) is 4.56. The first-order chi connectivity index (χ1) is 9.68. The quantitative estimate of drug-likeness (QED) is 0.577. The molecule has 0 aliphatic rings. The lowest BCUT2D eigenvalue weighted by Gasteiger charge is -2.08. The molecule has 0 saturated heterocycles. The van der Waals surface area contributed by atoms with Crippen molar-refractivity contribution in [3.05, 3.63) is 52.1 Å². The summed E-state index contributed by atoms with van der Waals surface area (Å²) < 4.78 is 52.6. The molecule has 0 heterocycles. The summed E-state index contributed by atoms with van der Waals surface area (Å²) in [5.74, 6) is 0.136. The molecule has 0 atom stereocenters. The van der Waals surface area contributed by atoms with Crippen molar-refractivity contribution in [2.75, 3.05) is 0 Å². The van der Waals surface area contributed by atoms with Crippen LogP contribution in [0.1, 0.15) is 0 Å². The van der Waals surface area contributed by atoms with Gasteiger partial charge in [-0.15, -0.1) is 0 Å². The SMILES string of the molecule is NS(=O)(=O)c1cccc(S(=O)(=O)Oc2ccc(I)cc2)c1. The van der Waals surface area contributed by atoms with Gasteiger partial charge in [0.2, 0.25) is 10.0 Å². The second-order valence-corrected chi connectivity index (χ2v) is 8.36. The molecule has 0 spiro atoms. The van der Waals surface area contributed by atoms with Crippen molar-refractivity contribution in [1.29, 1.82) is 0 Å². The molecule has 9 heteroatoms. The molecule has 6 nitrogen and oxygen atoms in total. The van der Waals surface area contributed by atoms with Crippen molar-refractivity contribution in [2.24, 2.45) is 5.14 Å². The lowest BCUT2D eigenvalue weighted by Crippen LogP contribution is -2.14. The van der Waals surface area contributed by atoms with E-state index >= 15 is 0 Å². The summed E-state index contributed by atoms with van der Waals surface area (Å²) in [5, 5.41) is 4.97. The van der Waals surface area contributed by atoms with Crippen molar-refractivity contribution in [3.8, 4) is 5.75 Å². The predicted molar refractivity (Wildman–Crippen MR) is 84.8 cm³/mol. The average molecular weight is 439 g/mol. The maximum absolute atomic E-state index is 12.1. The van der Waals surface area contributed by atoms with Gasteiger partial charge in [0.05, 0.1) is 4.90 Å². The van der Waals surface area contributed by atoms with E-state index in [1.165, 1.54) is 30.3 Å². The highest BCUT2D eigenvalue weighted by Crippen LogP contribution is 2.21. The summed E-state index contributed by atoms with van der Waals surface area (Å²) in [6, 6.07) is 11.1. The van der Waals surface area contributed by atoms with E-state index in [0.717, 1.165) is 9.64 Å². The monoisotopic (exact) mass is 439 g/mol. The summed E-state index contributed by atoms with van der Waals surface area (Å²) >= 11 is 2.07. The van der Waals surface area contributed by atoms with Gasteiger partial charge in [-0.05, 0) is 65.1 Å². The fourth-order valence-corrected chi connectivity index (χ4v) is 3.44. The van der Waals surface area contributed by atoms with E-state index < -0.39 is 20.1 Å². The minimum Gasteiger partial charge on any atom is -0.379 e. The zero-order chi connectivity index (χ0) is 15.7. The number of halogens is 1. The topological polar surface area (TPSA) is 104 Å². The van der Waals surface area contributed by atoms with E-state index in [0.29, 0.717) is 0 Å². The molecule has 0 unspecified atom stereocenters. The van der Waals surface area contributed by atoms with Crippen LogP contribution in [0.25, 0.3) is 0 Å². The Hall–Kier alpha value is -1.17. The molecule has 0 radical (unpaired) electrons. The number of hydrogen-bond acceptors (Lipinski definition) is 5. The van der Waals surface area contributed by atoms with Crippen LogP contribution in [0, 0.1) is 3.57 Å². The molecule has 0 aromatic heterocycles. The van der Waals surface area contributed by atoms with Gasteiger partial charge in [-0.1, -0.05) is 6.07 Å². The highest BCUT2D eigenvalue weighted by Gasteiger charge is 2.19. The molecule has 0 fully saturated rings. The molecular weight excluding hydrogens is 429 g/mol. The van der Waals surface area contributed by atoms with Crippen molar-refractivity contribution in [2.45, 2.75) is 9.79 Å². The molecule has 0 aliphatic heterocycles. The summed E-state index contributed by atoms with van der Waals surface area (Å²) in [6.07, 6.45) is 0. The van der Waals surface area contributed by atoms with Crippen LogP contribution in [-0.2, 0) is 20.1 Å². The van der Waals surface area contributed by atoms with Gasteiger partial charge in [-0.2, -0.15) is 8.42 Å². The van der Waals surface area contributed by atoms with Gasteiger partial charge < -0.3 is 4.18 Å². The van der Waals surface area contributed by atoms with Crippen LogP contribution in [0.4, 0.5) is 0 Å². The Morgan fingerprint density at radius 2 is 1.48 bits per heavy atom. The lowest BCUT2D eigenvalue weighted by atomic mass is 10.3. The first-order valence-corrected chi connectivity index (χ1v) is 9.55. The number of hydrogen-bond donors (Lipinski definition) is 1. The van der Waals surface area contributed by atoms with Crippen molar-refractivity contribution < 1.29 is 21.0 Å². The van der Waals surface area contributed by atoms with E-state index in [9.17, 15) is 16.8 Å². The van der Waals surface area contributed by atoms with Crippen LogP contribution in [0.2, 0.25) is 0 Å². The van der Waals surface area contributed by atoms with Gasteiger partial charge in [-0.25, -0.2) is 13.6 Å². The molecule has 0 bridgehead atoms. The zero-order valence-electron chi connectivity index (χ0n) is 10.4. The first-order valence-electron chi connectivity index (χ1n) is 5.51. The fourth-order valence-electron chi connectivity index (χ4n) is 1.47. The molecular formula is C12H10INO5S2. The summed E-state index contributed by atoms with van der Waals surface area (Å²) in [7, 11) is -8.12. The second-order valence-electron chi connectivity index (χ2n) is 4.01. The molecule has 2 N–H and O–H groups in total. The van der Waals surface area contributed by atoms with Gasteiger partial charge in [0.15, 0.2) is 0 Å². The Labute approximate surface area is 136 Å². The molecule has 0 saturated carbocycles. The molecule has 0 amide bonds. The van der Waals surface area contributed by atoms with Crippen LogP contribution in [0.5, 0.6) is 5.75 Å².